The molecule has 0 unspecified atom stereocenters. The molecule has 0 bridgehead atoms. The largest absolute Gasteiger partial charge is 0.510 e. The van der Waals surface area contributed by atoms with Crippen molar-refractivity contribution in [2.24, 2.45) is 0 Å². The Hall–Kier alpha value is -1.39. The number of nitrogens with zero attached hydrogens (tertiary/aromatic N) is 2. The first-order chi connectivity index (χ1) is 10.3. The van der Waals surface area contributed by atoms with Gasteiger partial charge < -0.3 is 10.0 Å². The topological polar surface area (TPSA) is 26.7 Å². The van der Waals surface area contributed by atoms with E-state index in [1.165, 1.54) is 17.1 Å². The van der Waals surface area contributed by atoms with Gasteiger partial charge in [-0.1, -0.05) is 30.3 Å². The summed E-state index contributed by atoms with van der Waals surface area (Å²) < 4.78 is 0. The Labute approximate surface area is 130 Å². The SMILES string of the molecule is OC1=C(CN2CCSCC2)C=CN(Cc2ccccc2)C1. The molecular weight excluding hydrogens is 280 g/mol. The zero-order valence-electron chi connectivity index (χ0n) is 12.2. The summed E-state index contributed by atoms with van der Waals surface area (Å²) in [5.74, 6) is 2.93. The lowest BCUT2D eigenvalue weighted by molar-refractivity contribution is 0.280. The monoisotopic (exact) mass is 302 g/mol. The fraction of sp³-hybridized carbons (Fsp3) is 0.412. The summed E-state index contributed by atoms with van der Waals surface area (Å²) in [6, 6.07) is 10.4. The molecule has 0 aromatic heterocycles. The molecule has 4 heteroatoms. The highest BCUT2D eigenvalue weighted by atomic mass is 32.2. The van der Waals surface area contributed by atoms with E-state index in [9.17, 15) is 5.11 Å². The molecule has 21 heavy (non-hydrogen) atoms. The minimum absolute atomic E-state index is 0.520. The van der Waals surface area contributed by atoms with Gasteiger partial charge in [0.25, 0.3) is 0 Å². The Bertz CT molecular complexity index is 521. The van der Waals surface area contributed by atoms with E-state index in [2.05, 4.69) is 46.3 Å². The van der Waals surface area contributed by atoms with Crippen molar-refractivity contribution in [3.8, 4) is 0 Å². The van der Waals surface area contributed by atoms with Gasteiger partial charge in [0.2, 0.25) is 0 Å². The number of rotatable bonds is 4. The molecule has 0 aliphatic carbocycles. The van der Waals surface area contributed by atoms with Gasteiger partial charge in [-0.15, -0.1) is 0 Å². The van der Waals surface area contributed by atoms with Crippen LogP contribution < -0.4 is 0 Å². The first-order valence-corrected chi connectivity index (χ1v) is 8.64. The van der Waals surface area contributed by atoms with Gasteiger partial charge in [0.1, 0.15) is 5.76 Å². The van der Waals surface area contributed by atoms with Crippen molar-refractivity contribution in [2.45, 2.75) is 6.54 Å². The molecule has 112 valence electrons. The minimum Gasteiger partial charge on any atom is -0.510 e. The molecular formula is C17H22N2OS. The van der Waals surface area contributed by atoms with Gasteiger partial charge >= 0.3 is 0 Å². The molecule has 1 saturated heterocycles. The quantitative estimate of drug-likeness (QED) is 0.925. The standard InChI is InChI=1S/C17H22N2OS/c20-17-14-19(12-15-4-2-1-3-5-15)7-6-16(17)13-18-8-10-21-11-9-18/h1-7,20H,8-14H2. The van der Waals surface area contributed by atoms with E-state index < -0.39 is 0 Å². The van der Waals surface area contributed by atoms with Crippen LogP contribution in [-0.4, -0.2) is 52.6 Å². The van der Waals surface area contributed by atoms with E-state index in [0.29, 0.717) is 12.3 Å². The predicted molar refractivity (Wildman–Crippen MR) is 89.4 cm³/mol. The molecule has 1 aromatic rings. The van der Waals surface area contributed by atoms with Crippen LogP contribution in [0.5, 0.6) is 0 Å². The second-order valence-electron chi connectivity index (χ2n) is 5.57. The van der Waals surface area contributed by atoms with E-state index in [1.807, 2.05) is 17.8 Å². The molecule has 0 radical (unpaired) electrons. The Morgan fingerprint density at radius 2 is 1.81 bits per heavy atom. The molecule has 3 nitrogen and oxygen atoms in total. The average Bonchev–Trinajstić information content (AvgIpc) is 2.52. The first-order valence-electron chi connectivity index (χ1n) is 7.48. The van der Waals surface area contributed by atoms with Crippen molar-refractivity contribution in [1.82, 2.24) is 9.80 Å². The number of hydrogen-bond acceptors (Lipinski definition) is 4. The maximum Gasteiger partial charge on any atom is 0.116 e. The fourth-order valence-electron chi connectivity index (χ4n) is 2.71. The molecule has 0 amide bonds. The molecule has 3 rings (SSSR count). The van der Waals surface area contributed by atoms with Crippen molar-refractivity contribution >= 4 is 11.8 Å². The van der Waals surface area contributed by atoms with Crippen LogP contribution in [0.4, 0.5) is 0 Å². The van der Waals surface area contributed by atoms with Crippen LogP contribution >= 0.6 is 11.8 Å². The average molecular weight is 302 g/mol. The fourth-order valence-corrected chi connectivity index (χ4v) is 3.69. The molecule has 0 atom stereocenters. The molecule has 1 fully saturated rings. The van der Waals surface area contributed by atoms with E-state index in [1.54, 1.807) is 0 Å². The second-order valence-corrected chi connectivity index (χ2v) is 6.79. The number of benzene rings is 1. The molecule has 1 aromatic carbocycles. The van der Waals surface area contributed by atoms with E-state index >= 15 is 0 Å². The van der Waals surface area contributed by atoms with Crippen LogP contribution in [0.1, 0.15) is 5.56 Å². The summed E-state index contributed by atoms with van der Waals surface area (Å²) >= 11 is 2.02. The van der Waals surface area contributed by atoms with Gasteiger partial charge in [-0.25, -0.2) is 0 Å². The Kier molecular flexibility index (Phi) is 4.88. The predicted octanol–water partition coefficient (Wildman–Crippen LogP) is 2.88. The van der Waals surface area contributed by atoms with Gasteiger partial charge in [-0.2, -0.15) is 11.8 Å². The Morgan fingerprint density at radius 3 is 2.52 bits per heavy atom. The minimum atomic E-state index is 0.520. The maximum atomic E-state index is 10.3. The third kappa shape index (κ3) is 4.05. The van der Waals surface area contributed by atoms with Gasteiger partial charge in [0, 0.05) is 49.5 Å². The lowest BCUT2D eigenvalue weighted by Crippen LogP contribution is -2.35. The smallest absolute Gasteiger partial charge is 0.116 e. The van der Waals surface area contributed by atoms with Crippen LogP contribution in [0.25, 0.3) is 0 Å². The normalized spacial score (nSPS) is 20.1. The van der Waals surface area contributed by atoms with Crippen LogP contribution in [0, 0.1) is 0 Å². The summed E-state index contributed by atoms with van der Waals surface area (Å²) in [4.78, 5) is 4.58. The van der Waals surface area contributed by atoms with Crippen molar-refractivity contribution in [1.29, 1.82) is 0 Å². The van der Waals surface area contributed by atoms with Crippen molar-refractivity contribution in [3.05, 3.63) is 59.5 Å². The molecule has 1 N–H and O–H groups in total. The van der Waals surface area contributed by atoms with Crippen LogP contribution in [-0.2, 0) is 6.54 Å². The highest BCUT2D eigenvalue weighted by Crippen LogP contribution is 2.18. The van der Waals surface area contributed by atoms with Gasteiger partial charge in [-0.3, -0.25) is 4.90 Å². The van der Waals surface area contributed by atoms with Crippen LogP contribution in [0.15, 0.2) is 53.9 Å². The van der Waals surface area contributed by atoms with Crippen LogP contribution in [0.3, 0.4) is 0 Å². The summed E-state index contributed by atoms with van der Waals surface area (Å²) in [5, 5.41) is 10.3. The highest BCUT2D eigenvalue weighted by Gasteiger charge is 2.17. The number of thioether (sulfide) groups is 1. The first kappa shape index (κ1) is 14.5. The van der Waals surface area contributed by atoms with Crippen molar-refractivity contribution < 1.29 is 5.11 Å². The van der Waals surface area contributed by atoms with E-state index in [4.69, 9.17) is 0 Å². The molecule has 2 aliphatic rings. The summed E-state index contributed by atoms with van der Waals surface area (Å²) in [6.07, 6.45) is 4.18. The summed E-state index contributed by atoms with van der Waals surface area (Å²) in [5.41, 5.74) is 2.35. The van der Waals surface area contributed by atoms with E-state index in [0.717, 1.165) is 31.8 Å². The zero-order valence-corrected chi connectivity index (χ0v) is 13.1. The molecule has 2 heterocycles. The number of aliphatic hydroxyl groups excluding tert-OH is 1. The second kappa shape index (κ2) is 7.05. The third-order valence-electron chi connectivity index (χ3n) is 3.94. The van der Waals surface area contributed by atoms with Crippen LogP contribution in [0.2, 0.25) is 0 Å². The lowest BCUT2D eigenvalue weighted by atomic mass is 10.1. The number of aliphatic hydroxyl groups is 1. The Balaban J connectivity index is 1.57. The van der Waals surface area contributed by atoms with Crippen molar-refractivity contribution in [3.63, 3.8) is 0 Å². The summed E-state index contributed by atoms with van der Waals surface area (Å²) in [7, 11) is 0. The van der Waals surface area contributed by atoms with Crippen molar-refractivity contribution in [2.75, 3.05) is 37.7 Å². The van der Waals surface area contributed by atoms with Gasteiger partial charge in [0.15, 0.2) is 0 Å². The lowest BCUT2D eigenvalue weighted by Gasteiger charge is -2.30. The maximum absolute atomic E-state index is 10.3. The van der Waals surface area contributed by atoms with Gasteiger partial charge in [0.05, 0.1) is 6.54 Å². The number of hydrogen-bond donors (Lipinski definition) is 1. The third-order valence-corrected chi connectivity index (χ3v) is 4.88. The summed E-state index contributed by atoms with van der Waals surface area (Å²) in [6.45, 7) is 4.59. The molecule has 0 saturated carbocycles. The van der Waals surface area contributed by atoms with E-state index in [-0.39, 0.29) is 0 Å². The highest BCUT2D eigenvalue weighted by molar-refractivity contribution is 7.99. The Morgan fingerprint density at radius 1 is 1.05 bits per heavy atom. The van der Waals surface area contributed by atoms with Gasteiger partial charge in [-0.05, 0) is 11.6 Å². The molecule has 2 aliphatic heterocycles. The zero-order chi connectivity index (χ0) is 14.5. The molecule has 0 spiro atoms.